The Morgan fingerprint density at radius 2 is 2.25 bits per heavy atom. The zero-order valence-electron chi connectivity index (χ0n) is 8.60. The molecule has 3 N–H and O–H groups in total. The number of cyclic esters (lactones) is 1. The summed E-state index contributed by atoms with van der Waals surface area (Å²) in [6.07, 6.45) is 2.35. The van der Waals surface area contributed by atoms with Gasteiger partial charge < -0.3 is 20.2 Å². The lowest BCUT2D eigenvalue weighted by atomic mass is 9.78. The summed E-state index contributed by atoms with van der Waals surface area (Å²) in [5.41, 5.74) is 5.59. The number of ether oxygens (including phenoxy) is 1. The van der Waals surface area contributed by atoms with Crippen molar-refractivity contribution in [3.8, 4) is 0 Å². The van der Waals surface area contributed by atoms with E-state index in [-0.39, 0.29) is 12.6 Å². The van der Waals surface area contributed by atoms with Crippen LogP contribution in [-0.2, 0) is 10.3 Å². The van der Waals surface area contributed by atoms with Gasteiger partial charge in [-0.2, -0.15) is 0 Å². The topological polar surface area (TPSA) is 103 Å². The maximum absolute atomic E-state index is 10.8. The Balaban J connectivity index is 1.80. The van der Waals surface area contributed by atoms with Gasteiger partial charge >= 0.3 is 6.09 Å². The summed E-state index contributed by atoms with van der Waals surface area (Å²) < 4.78 is 10.2. The molecular weight excluding hydrogens is 212 g/mol. The van der Waals surface area contributed by atoms with Crippen molar-refractivity contribution in [3.63, 3.8) is 0 Å². The van der Waals surface area contributed by atoms with Gasteiger partial charge in [-0.1, -0.05) is 0 Å². The van der Waals surface area contributed by atoms with Crippen LogP contribution in [0, 0.1) is 0 Å². The molecule has 7 nitrogen and oxygen atoms in total. The van der Waals surface area contributed by atoms with E-state index in [9.17, 15) is 4.79 Å². The molecule has 1 aliphatic heterocycles. The van der Waals surface area contributed by atoms with Gasteiger partial charge in [-0.25, -0.2) is 4.79 Å². The van der Waals surface area contributed by atoms with E-state index in [1.165, 1.54) is 0 Å². The minimum absolute atomic E-state index is 0.220. The number of nitrogens with two attached hydrogens (primary N) is 1. The summed E-state index contributed by atoms with van der Waals surface area (Å²) in [6.45, 7) is 0.220. The van der Waals surface area contributed by atoms with Crippen molar-refractivity contribution in [3.05, 3.63) is 11.8 Å². The van der Waals surface area contributed by atoms with Crippen molar-refractivity contribution in [2.24, 2.45) is 5.73 Å². The number of carbonyl (C=O) groups excluding carboxylic acids is 1. The smallest absolute Gasteiger partial charge is 0.407 e. The van der Waals surface area contributed by atoms with Crippen LogP contribution in [0.25, 0.3) is 0 Å². The van der Waals surface area contributed by atoms with Crippen LogP contribution in [0.2, 0.25) is 0 Å². The minimum atomic E-state index is -0.464. The largest absolute Gasteiger partial charge is 0.447 e. The molecule has 7 heteroatoms. The van der Waals surface area contributed by atoms with Gasteiger partial charge in [0.25, 0.3) is 0 Å². The Morgan fingerprint density at radius 3 is 2.81 bits per heavy atom. The van der Waals surface area contributed by atoms with Crippen LogP contribution in [0.3, 0.4) is 0 Å². The van der Waals surface area contributed by atoms with Gasteiger partial charge in [0, 0.05) is 0 Å². The van der Waals surface area contributed by atoms with E-state index in [2.05, 4.69) is 15.5 Å². The van der Waals surface area contributed by atoms with E-state index in [1.807, 2.05) is 0 Å². The first kappa shape index (κ1) is 9.59. The van der Waals surface area contributed by atoms with Crippen molar-refractivity contribution in [1.29, 1.82) is 0 Å². The van der Waals surface area contributed by atoms with E-state index in [0.717, 1.165) is 19.3 Å². The quantitative estimate of drug-likeness (QED) is 0.743. The minimum Gasteiger partial charge on any atom is -0.447 e. The Bertz CT molecular complexity index is 426. The third-order valence-corrected chi connectivity index (χ3v) is 3.08. The second kappa shape index (κ2) is 3.18. The predicted octanol–water partition coefficient (Wildman–Crippen LogP) is 0.188. The van der Waals surface area contributed by atoms with E-state index in [4.69, 9.17) is 14.9 Å². The van der Waals surface area contributed by atoms with Crippen molar-refractivity contribution in [1.82, 2.24) is 15.5 Å². The van der Waals surface area contributed by atoms with Crippen LogP contribution in [0.5, 0.6) is 0 Å². The molecule has 2 heterocycles. The normalized spacial score (nSPS) is 27.1. The molecule has 0 radical (unpaired) electrons. The number of carbonyl (C=O) groups is 1. The monoisotopic (exact) mass is 224 g/mol. The van der Waals surface area contributed by atoms with Gasteiger partial charge in [-0.3, -0.25) is 0 Å². The zero-order chi connectivity index (χ0) is 11.2. The molecule has 1 aromatic heterocycles. The Kier molecular flexibility index (Phi) is 1.90. The van der Waals surface area contributed by atoms with Gasteiger partial charge in [0.05, 0.1) is 5.54 Å². The van der Waals surface area contributed by atoms with Crippen LogP contribution in [-0.4, -0.2) is 22.9 Å². The average Bonchev–Trinajstić information content (AvgIpc) is 2.82. The molecule has 2 fully saturated rings. The van der Waals surface area contributed by atoms with E-state index >= 15 is 0 Å². The maximum Gasteiger partial charge on any atom is 0.407 e. The van der Waals surface area contributed by atoms with Crippen LogP contribution < -0.4 is 11.1 Å². The van der Waals surface area contributed by atoms with Gasteiger partial charge in [-0.05, 0) is 19.3 Å². The Hall–Kier alpha value is -1.63. The number of aromatic nitrogens is 2. The fraction of sp³-hybridized carbons (Fsp3) is 0.667. The first-order valence-corrected chi connectivity index (χ1v) is 5.23. The second-order valence-electron chi connectivity index (χ2n) is 4.25. The first-order chi connectivity index (χ1) is 7.67. The number of hydrogen-bond acceptors (Lipinski definition) is 6. The molecule has 0 bridgehead atoms. The molecule has 1 amide bonds. The molecule has 86 valence electrons. The SMILES string of the molecule is NC1(c2nnc(C3COC(=O)N3)o2)CCC1. The van der Waals surface area contributed by atoms with Gasteiger partial charge in [0.2, 0.25) is 11.8 Å². The first-order valence-electron chi connectivity index (χ1n) is 5.23. The number of nitrogens with zero attached hydrogens (tertiary/aromatic N) is 2. The van der Waals surface area contributed by atoms with Crippen LogP contribution in [0.15, 0.2) is 4.42 Å². The second-order valence-corrected chi connectivity index (χ2v) is 4.25. The molecule has 3 rings (SSSR count). The molecule has 1 unspecified atom stereocenters. The summed E-state index contributed by atoms with van der Waals surface area (Å²) in [5, 5.41) is 10.4. The summed E-state index contributed by atoms with van der Waals surface area (Å²) in [6, 6.07) is -0.350. The lowest BCUT2D eigenvalue weighted by Gasteiger charge is -2.34. The molecular formula is C9H12N4O3. The Labute approximate surface area is 91.3 Å². The summed E-state index contributed by atoms with van der Waals surface area (Å²) >= 11 is 0. The highest BCUT2D eigenvalue weighted by atomic mass is 16.6. The van der Waals surface area contributed by atoms with Crippen molar-refractivity contribution >= 4 is 6.09 Å². The van der Waals surface area contributed by atoms with Gasteiger partial charge in [0.15, 0.2) is 0 Å². The summed E-state index contributed by atoms with van der Waals surface area (Å²) in [7, 11) is 0. The van der Waals surface area contributed by atoms with Crippen LogP contribution >= 0.6 is 0 Å². The third-order valence-electron chi connectivity index (χ3n) is 3.08. The average molecular weight is 224 g/mol. The number of hydrogen-bond donors (Lipinski definition) is 2. The van der Waals surface area contributed by atoms with Gasteiger partial charge in [-0.15, -0.1) is 10.2 Å². The highest BCUT2D eigenvalue weighted by molar-refractivity contribution is 5.69. The molecule has 0 spiro atoms. The molecule has 2 aliphatic rings. The Morgan fingerprint density at radius 1 is 1.44 bits per heavy atom. The highest BCUT2D eigenvalue weighted by Gasteiger charge is 2.40. The van der Waals surface area contributed by atoms with E-state index < -0.39 is 11.6 Å². The van der Waals surface area contributed by atoms with Crippen molar-refractivity contribution in [2.75, 3.05) is 6.61 Å². The molecule has 1 saturated carbocycles. The molecule has 1 aromatic rings. The fourth-order valence-corrected chi connectivity index (χ4v) is 1.87. The number of nitrogens with one attached hydrogen (secondary N) is 1. The standard InChI is InChI=1S/C9H12N4O3/c10-9(2-1-3-9)7-13-12-6(16-7)5-4-15-8(14)11-5/h5H,1-4,10H2,(H,11,14). The third kappa shape index (κ3) is 1.35. The fourth-order valence-electron chi connectivity index (χ4n) is 1.87. The highest BCUT2D eigenvalue weighted by Crippen LogP contribution is 2.38. The number of rotatable bonds is 2. The molecule has 1 atom stereocenters. The summed E-state index contributed by atoms with van der Waals surface area (Å²) in [4.78, 5) is 10.8. The lowest BCUT2D eigenvalue weighted by Crippen LogP contribution is -2.43. The van der Waals surface area contributed by atoms with Crippen molar-refractivity contribution in [2.45, 2.75) is 30.8 Å². The molecule has 0 aromatic carbocycles. The maximum atomic E-state index is 10.8. The lowest BCUT2D eigenvalue weighted by molar-refractivity contribution is 0.174. The van der Waals surface area contributed by atoms with Crippen LogP contribution in [0.1, 0.15) is 37.1 Å². The zero-order valence-corrected chi connectivity index (χ0v) is 8.60. The van der Waals surface area contributed by atoms with Gasteiger partial charge in [0.1, 0.15) is 12.6 Å². The number of amides is 1. The van der Waals surface area contributed by atoms with Crippen molar-refractivity contribution < 1.29 is 13.9 Å². The number of alkyl carbamates (subject to hydrolysis) is 1. The predicted molar refractivity (Wildman–Crippen MR) is 51.2 cm³/mol. The molecule has 16 heavy (non-hydrogen) atoms. The van der Waals surface area contributed by atoms with E-state index in [1.54, 1.807) is 0 Å². The molecule has 1 saturated heterocycles. The van der Waals surface area contributed by atoms with E-state index in [0.29, 0.717) is 11.8 Å². The molecule has 1 aliphatic carbocycles. The van der Waals surface area contributed by atoms with Crippen LogP contribution in [0.4, 0.5) is 4.79 Å². The summed E-state index contributed by atoms with van der Waals surface area (Å²) in [5.74, 6) is 0.812.